The lowest BCUT2D eigenvalue weighted by Gasteiger charge is -2.16. The Morgan fingerprint density at radius 1 is 1.37 bits per heavy atom. The zero-order valence-corrected chi connectivity index (χ0v) is 19.0. The summed E-state index contributed by atoms with van der Waals surface area (Å²) in [5, 5.41) is 6.61. The van der Waals surface area contributed by atoms with E-state index in [9.17, 15) is 0 Å². The molecule has 0 saturated carbocycles. The third-order valence-electron chi connectivity index (χ3n) is 4.03. The lowest BCUT2D eigenvalue weighted by Crippen LogP contribution is -2.39. The number of aryl methyl sites for hydroxylation is 1. The van der Waals surface area contributed by atoms with E-state index in [1.54, 1.807) is 0 Å². The smallest absolute Gasteiger partial charge is 0.191 e. The van der Waals surface area contributed by atoms with E-state index in [-0.39, 0.29) is 36.2 Å². The largest absolute Gasteiger partial charge is 0.489 e. The summed E-state index contributed by atoms with van der Waals surface area (Å²) in [6, 6.07) is 8.09. The Hall–Kier alpha value is -1.06. The second-order valence-corrected chi connectivity index (χ2v) is 6.60. The van der Waals surface area contributed by atoms with Crippen LogP contribution >= 0.6 is 24.0 Å². The SMILES string of the molecule is CCNC(=NCC(C)Oc1cccc(C)c1)NCCCOC1CCOC1.I. The summed E-state index contributed by atoms with van der Waals surface area (Å²) in [7, 11) is 0. The number of halogens is 1. The number of nitrogens with one attached hydrogen (secondary N) is 2. The van der Waals surface area contributed by atoms with Crippen LogP contribution in [0.15, 0.2) is 29.3 Å². The van der Waals surface area contributed by atoms with Gasteiger partial charge in [-0.3, -0.25) is 0 Å². The van der Waals surface area contributed by atoms with E-state index < -0.39 is 0 Å². The number of hydrogen-bond acceptors (Lipinski definition) is 4. The molecule has 2 atom stereocenters. The molecule has 0 bridgehead atoms. The Morgan fingerprint density at radius 3 is 2.93 bits per heavy atom. The highest BCUT2D eigenvalue weighted by Crippen LogP contribution is 2.14. The fourth-order valence-electron chi connectivity index (χ4n) is 2.69. The molecular formula is C20H34IN3O3. The molecule has 1 saturated heterocycles. The van der Waals surface area contributed by atoms with E-state index in [2.05, 4.69) is 35.5 Å². The number of aliphatic imine (C=N–C) groups is 1. The van der Waals surface area contributed by atoms with Gasteiger partial charge < -0.3 is 24.8 Å². The third-order valence-corrected chi connectivity index (χ3v) is 4.03. The number of guanidine groups is 1. The molecular weight excluding hydrogens is 457 g/mol. The normalized spacial score (nSPS) is 17.9. The number of benzene rings is 1. The highest BCUT2D eigenvalue weighted by molar-refractivity contribution is 14.0. The van der Waals surface area contributed by atoms with Crippen LogP contribution in [0.25, 0.3) is 0 Å². The summed E-state index contributed by atoms with van der Waals surface area (Å²) < 4.78 is 17.0. The van der Waals surface area contributed by atoms with Gasteiger partial charge in [-0.15, -0.1) is 24.0 Å². The molecule has 2 N–H and O–H groups in total. The maximum Gasteiger partial charge on any atom is 0.191 e. The van der Waals surface area contributed by atoms with Crippen molar-refractivity contribution in [2.75, 3.05) is 39.5 Å². The quantitative estimate of drug-likeness (QED) is 0.228. The van der Waals surface area contributed by atoms with E-state index in [1.165, 1.54) is 5.56 Å². The van der Waals surface area contributed by atoms with E-state index in [1.807, 2.05) is 25.1 Å². The fourth-order valence-corrected chi connectivity index (χ4v) is 2.69. The van der Waals surface area contributed by atoms with Gasteiger partial charge in [-0.1, -0.05) is 12.1 Å². The van der Waals surface area contributed by atoms with Crippen molar-refractivity contribution in [1.82, 2.24) is 10.6 Å². The maximum absolute atomic E-state index is 5.93. The van der Waals surface area contributed by atoms with Crippen molar-refractivity contribution in [2.24, 2.45) is 4.99 Å². The first-order chi connectivity index (χ1) is 12.7. The first kappa shape index (κ1) is 24.0. The summed E-state index contributed by atoms with van der Waals surface area (Å²) in [5.41, 5.74) is 1.19. The van der Waals surface area contributed by atoms with Crippen molar-refractivity contribution < 1.29 is 14.2 Å². The van der Waals surface area contributed by atoms with Crippen molar-refractivity contribution in [3.63, 3.8) is 0 Å². The molecule has 0 aliphatic carbocycles. The van der Waals surface area contributed by atoms with Crippen molar-refractivity contribution in [3.05, 3.63) is 29.8 Å². The molecule has 7 heteroatoms. The molecule has 0 radical (unpaired) electrons. The molecule has 27 heavy (non-hydrogen) atoms. The average molecular weight is 491 g/mol. The van der Waals surface area contributed by atoms with Crippen LogP contribution in [0, 0.1) is 6.92 Å². The van der Waals surface area contributed by atoms with Crippen molar-refractivity contribution in [2.45, 2.75) is 45.8 Å². The van der Waals surface area contributed by atoms with Crippen LogP contribution in [0.1, 0.15) is 32.3 Å². The highest BCUT2D eigenvalue weighted by atomic mass is 127. The lowest BCUT2D eigenvalue weighted by atomic mass is 10.2. The molecule has 1 aromatic carbocycles. The minimum absolute atomic E-state index is 0. The van der Waals surface area contributed by atoms with Gasteiger partial charge >= 0.3 is 0 Å². The molecule has 1 aliphatic heterocycles. The Balaban J connectivity index is 0.00000364. The van der Waals surface area contributed by atoms with Gasteiger partial charge in [-0.25, -0.2) is 4.99 Å². The van der Waals surface area contributed by atoms with Gasteiger partial charge in [0.25, 0.3) is 0 Å². The van der Waals surface area contributed by atoms with E-state index in [4.69, 9.17) is 14.2 Å². The predicted molar refractivity (Wildman–Crippen MR) is 120 cm³/mol. The van der Waals surface area contributed by atoms with Crippen LogP contribution < -0.4 is 15.4 Å². The lowest BCUT2D eigenvalue weighted by molar-refractivity contribution is 0.0420. The zero-order chi connectivity index (χ0) is 18.6. The molecule has 1 aliphatic rings. The van der Waals surface area contributed by atoms with Crippen LogP contribution in [0.2, 0.25) is 0 Å². The van der Waals surface area contributed by atoms with Gasteiger partial charge in [0.05, 0.1) is 19.3 Å². The number of rotatable bonds is 10. The van der Waals surface area contributed by atoms with Crippen LogP contribution in [0.5, 0.6) is 5.75 Å². The first-order valence-electron chi connectivity index (χ1n) is 9.62. The number of ether oxygens (including phenoxy) is 3. The molecule has 1 aromatic rings. The summed E-state index contributed by atoms with van der Waals surface area (Å²) in [6.45, 7) is 10.7. The minimum atomic E-state index is 0. The van der Waals surface area contributed by atoms with Gasteiger partial charge in [0.1, 0.15) is 11.9 Å². The molecule has 0 aromatic heterocycles. The molecule has 0 spiro atoms. The number of hydrogen-bond donors (Lipinski definition) is 2. The van der Waals surface area contributed by atoms with E-state index in [0.29, 0.717) is 6.54 Å². The maximum atomic E-state index is 5.93. The second-order valence-electron chi connectivity index (χ2n) is 6.60. The van der Waals surface area contributed by atoms with E-state index >= 15 is 0 Å². The van der Waals surface area contributed by atoms with Crippen molar-refractivity contribution >= 4 is 29.9 Å². The van der Waals surface area contributed by atoms with Crippen LogP contribution in [0.3, 0.4) is 0 Å². The van der Waals surface area contributed by atoms with E-state index in [0.717, 1.165) is 57.5 Å². The minimum Gasteiger partial charge on any atom is -0.489 e. The van der Waals surface area contributed by atoms with Crippen LogP contribution in [0.4, 0.5) is 0 Å². The third kappa shape index (κ3) is 10.2. The van der Waals surface area contributed by atoms with Crippen molar-refractivity contribution in [3.8, 4) is 5.75 Å². The average Bonchev–Trinajstić information content (AvgIpc) is 3.12. The molecule has 6 nitrogen and oxygen atoms in total. The molecule has 2 rings (SSSR count). The Bertz CT molecular complexity index is 551. The summed E-state index contributed by atoms with van der Waals surface area (Å²) >= 11 is 0. The second kappa shape index (κ2) is 14.0. The van der Waals surface area contributed by atoms with Crippen LogP contribution in [-0.2, 0) is 9.47 Å². The number of nitrogens with zero attached hydrogens (tertiary/aromatic N) is 1. The molecule has 1 heterocycles. The first-order valence-corrected chi connectivity index (χ1v) is 9.62. The van der Waals surface area contributed by atoms with Crippen LogP contribution in [-0.4, -0.2) is 57.6 Å². The molecule has 154 valence electrons. The molecule has 2 unspecified atom stereocenters. The Morgan fingerprint density at radius 2 is 2.22 bits per heavy atom. The molecule has 0 amide bonds. The summed E-state index contributed by atoms with van der Waals surface area (Å²) in [6.07, 6.45) is 2.24. The van der Waals surface area contributed by atoms with Crippen molar-refractivity contribution in [1.29, 1.82) is 0 Å². The van der Waals surface area contributed by atoms with Gasteiger partial charge in [-0.2, -0.15) is 0 Å². The summed E-state index contributed by atoms with van der Waals surface area (Å²) in [5.74, 6) is 1.70. The Labute approximate surface area is 180 Å². The Kier molecular flexibility index (Phi) is 12.4. The fraction of sp³-hybridized carbons (Fsp3) is 0.650. The van der Waals surface area contributed by atoms with Gasteiger partial charge in [-0.05, 0) is 51.3 Å². The standard InChI is InChI=1S/C20H33N3O3.HI/c1-4-21-20(22-10-6-11-25-19-9-12-24-15-19)23-14-17(3)26-18-8-5-7-16(2)13-18;/h5,7-8,13,17,19H,4,6,9-12,14-15H2,1-3H3,(H2,21,22,23);1H. The van der Waals surface area contributed by atoms with Gasteiger partial charge in [0, 0.05) is 26.3 Å². The topological polar surface area (TPSA) is 64.1 Å². The monoisotopic (exact) mass is 491 g/mol. The van der Waals surface area contributed by atoms with Gasteiger partial charge in [0.15, 0.2) is 5.96 Å². The molecule has 1 fully saturated rings. The summed E-state index contributed by atoms with van der Waals surface area (Å²) in [4.78, 5) is 4.62. The highest BCUT2D eigenvalue weighted by Gasteiger charge is 2.15. The predicted octanol–water partition coefficient (Wildman–Crippen LogP) is 3.13. The van der Waals surface area contributed by atoms with Gasteiger partial charge in [0.2, 0.25) is 0 Å². The zero-order valence-electron chi connectivity index (χ0n) is 16.7.